The molecular formula is C14H19NO3S. The van der Waals surface area contributed by atoms with Crippen molar-refractivity contribution in [2.45, 2.75) is 32.6 Å². The van der Waals surface area contributed by atoms with Crippen LogP contribution >= 0.6 is 12.6 Å². The van der Waals surface area contributed by atoms with Gasteiger partial charge in [0.2, 0.25) is 0 Å². The van der Waals surface area contributed by atoms with Gasteiger partial charge in [0.15, 0.2) is 0 Å². The molecule has 0 spiro atoms. The van der Waals surface area contributed by atoms with Gasteiger partial charge in [-0.05, 0) is 37.1 Å². The lowest BCUT2D eigenvalue weighted by atomic mass is 9.90. The quantitative estimate of drug-likeness (QED) is 0.508. The van der Waals surface area contributed by atoms with Gasteiger partial charge in [0, 0.05) is 17.5 Å². The molecule has 0 N–H and O–H groups in total. The second-order valence-corrected chi connectivity index (χ2v) is 5.68. The molecule has 1 aliphatic carbocycles. The van der Waals surface area contributed by atoms with Crippen LogP contribution in [0.5, 0.6) is 5.75 Å². The zero-order valence-corrected chi connectivity index (χ0v) is 12.0. The molecule has 1 aromatic carbocycles. The highest BCUT2D eigenvalue weighted by molar-refractivity contribution is 7.80. The fraction of sp³-hybridized carbons (Fsp3) is 0.571. The lowest BCUT2D eigenvalue weighted by Gasteiger charge is -2.27. The molecule has 0 bridgehead atoms. The highest BCUT2D eigenvalue weighted by Crippen LogP contribution is 2.39. The first-order valence-corrected chi connectivity index (χ1v) is 7.18. The predicted molar refractivity (Wildman–Crippen MR) is 78.1 cm³/mol. The van der Waals surface area contributed by atoms with Crippen LogP contribution in [-0.2, 0) is 0 Å². The monoisotopic (exact) mass is 281 g/mol. The van der Waals surface area contributed by atoms with E-state index in [1.54, 1.807) is 12.1 Å². The van der Waals surface area contributed by atoms with Crippen molar-refractivity contribution in [3.05, 3.63) is 33.9 Å². The van der Waals surface area contributed by atoms with E-state index in [2.05, 4.69) is 12.6 Å². The zero-order valence-electron chi connectivity index (χ0n) is 11.1. The van der Waals surface area contributed by atoms with E-state index >= 15 is 0 Å². The average Bonchev–Trinajstić information content (AvgIpc) is 2.86. The summed E-state index contributed by atoms with van der Waals surface area (Å²) in [7, 11) is 0. The number of hydrogen-bond acceptors (Lipinski definition) is 4. The van der Waals surface area contributed by atoms with E-state index in [9.17, 15) is 10.1 Å². The molecule has 1 aliphatic rings. The van der Waals surface area contributed by atoms with Crippen molar-refractivity contribution < 1.29 is 9.66 Å². The summed E-state index contributed by atoms with van der Waals surface area (Å²) in [6.45, 7) is 2.49. The Morgan fingerprint density at radius 2 is 2.11 bits per heavy atom. The van der Waals surface area contributed by atoms with Gasteiger partial charge >= 0.3 is 0 Å². The molecule has 4 nitrogen and oxygen atoms in total. The molecule has 0 amide bonds. The molecule has 1 saturated carbocycles. The van der Waals surface area contributed by atoms with Crippen LogP contribution in [0.25, 0.3) is 0 Å². The Hall–Kier alpha value is -1.23. The van der Waals surface area contributed by atoms with Crippen molar-refractivity contribution in [2.75, 3.05) is 12.4 Å². The van der Waals surface area contributed by atoms with Gasteiger partial charge in [-0.1, -0.05) is 12.8 Å². The summed E-state index contributed by atoms with van der Waals surface area (Å²) in [5.41, 5.74) is 1.09. The van der Waals surface area contributed by atoms with Crippen molar-refractivity contribution in [1.82, 2.24) is 0 Å². The molecular weight excluding hydrogens is 262 g/mol. The van der Waals surface area contributed by atoms with Gasteiger partial charge < -0.3 is 4.74 Å². The van der Waals surface area contributed by atoms with Crippen molar-refractivity contribution in [2.24, 2.45) is 5.41 Å². The van der Waals surface area contributed by atoms with Crippen molar-refractivity contribution in [3.8, 4) is 5.75 Å². The van der Waals surface area contributed by atoms with E-state index in [1.165, 1.54) is 18.9 Å². The van der Waals surface area contributed by atoms with Crippen LogP contribution in [0, 0.1) is 22.5 Å². The molecule has 1 aromatic rings. The van der Waals surface area contributed by atoms with Crippen molar-refractivity contribution in [1.29, 1.82) is 0 Å². The summed E-state index contributed by atoms with van der Waals surface area (Å²) in [6.07, 6.45) is 4.79. The third-order valence-corrected chi connectivity index (χ3v) is 4.57. The molecule has 0 aromatic heterocycles. The van der Waals surface area contributed by atoms with Crippen LogP contribution in [-0.4, -0.2) is 17.3 Å². The number of non-ortho nitro benzene ring substituents is 1. The number of nitro benzene ring substituents is 1. The van der Waals surface area contributed by atoms with Crippen LogP contribution in [0.4, 0.5) is 5.69 Å². The smallest absolute Gasteiger partial charge is 0.269 e. The minimum atomic E-state index is -0.386. The number of hydrogen-bond donors (Lipinski definition) is 1. The molecule has 104 valence electrons. The van der Waals surface area contributed by atoms with E-state index < -0.39 is 0 Å². The maximum atomic E-state index is 10.7. The van der Waals surface area contributed by atoms with Crippen LogP contribution in [0.2, 0.25) is 0 Å². The molecule has 1 fully saturated rings. The predicted octanol–water partition coefficient (Wildman–Crippen LogP) is 3.77. The van der Waals surface area contributed by atoms with Crippen molar-refractivity contribution >= 4 is 18.3 Å². The summed E-state index contributed by atoms with van der Waals surface area (Å²) < 4.78 is 5.88. The fourth-order valence-electron chi connectivity index (χ4n) is 2.61. The maximum Gasteiger partial charge on any atom is 0.269 e. The van der Waals surface area contributed by atoms with Gasteiger partial charge in [-0.15, -0.1) is 0 Å². The molecule has 0 unspecified atom stereocenters. The highest BCUT2D eigenvalue weighted by Gasteiger charge is 2.33. The number of ether oxygens (including phenoxy) is 1. The Labute approximate surface area is 118 Å². The number of nitrogens with zero attached hydrogens (tertiary/aromatic N) is 1. The second-order valence-electron chi connectivity index (χ2n) is 5.36. The third kappa shape index (κ3) is 3.21. The molecule has 5 heteroatoms. The molecule has 0 heterocycles. The van der Waals surface area contributed by atoms with E-state index in [1.807, 2.05) is 6.92 Å². The standard InChI is InChI=1S/C14H19NO3S/c1-11-8-12(15(16)17)4-5-13(11)18-9-14(10-19)6-2-3-7-14/h4-5,8,19H,2-3,6-7,9-10H2,1H3. The first-order valence-electron chi connectivity index (χ1n) is 6.55. The minimum absolute atomic E-state index is 0.106. The maximum absolute atomic E-state index is 10.7. The van der Waals surface area contributed by atoms with Crippen LogP contribution in [0.1, 0.15) is 31.2 Å². The van der Waals surface area contributed by atoms with Gasteiger partial charge in [-0.2, -0.15) is 12.6 Å². The Morgan fingerprint density at radius 3 is 2.63 bits per heavy atom. The van der Waals surface area contributed by atoms with Crippen LogP contribution in [0.15, 0.2) is 18.2 Å². The molecule has 0 atom stereocenters. The molecule has 19 heavy (non-hydrogen) atoms. The number of thiol groups is 1. The molecule has 2 rings (SSSR count). The van der Waals surface area contributed by atoms with Gasteiger partial charge in [-0.25, -0.2) is 0 Å². The Morgan fingerprint density at radius 1 is 1.42 bits per heavy atom. The number of nitro groups is 1. The van der Waals surface area contributed by atoms with Gasteiger partial charge in [0.25, 0.3) is 5.69 Å². The summed E-state index contributed by atoms with van der Waals surface area (Å²) in [4.78, 5) is 10.3. The van der Waals surface area contributed by atoms with E-state index in [-0.39, 0.29) is 16.0 Å². The molecule has 0 radical (unpaired) electrons. The van der Waals surface area contributed by atoms with Gasteiger partial charge in [0.1, 0.15) is 5.75 Å². The Balaban J connectivity index is 2.05. The Kier molecular flexibility index (Phi) is 4.34. The van der Waals surface area contributed by atoms with Gasteiger partial charge in [0.05, 0.1) is 11.5 Å². The average molecular weight is 281 g/mol. The first-order chi connectivity index (χ1) is 9.06. The largest absolute Gasteiger partial charge is 0.493 e. The van der Waals surface area contributed by atoms with E-state index in [4.69, 9.17) is 4.74 Å². The number of rotatable bonds is 5. The summed E-state index contributed by atoms with van der Waals surface area (Å²) >= 11 is 4.45. The SMILES string of the molecule is Cc1cc([N+](=O)[O-])ccc1OCC1(CS)CCCC1. The fourth-order valence-corrected chi connectivity index (χ4v) is 3.02. The second kappa shape index (κ2) is 5.82. The molecule has 0 saturated heterocycles. The highest BCUT2D eigenvalue weighted by atomic mass is 32.1. The van der Waals surface area contributed by atoms with Crippen LogP contribution in [0.3, 0.4) is 0 Å². The lowest BCUT2D eigenvalue weighted by Crippen LogP contribution is -2.27. The normalized spacial score (nSPS) is 17.4. The van der Waals surface area contributed by atoms with Gasteiger partial charge in [-0.3, -0.25) is 10.1 Å². The lowest BCUT2D eigenvalue weighted by molar-refractivity contribution is -0.384. The zero-order chi connectivity index (χ0) is 13.9. The van der Waals surface area contributed by atoms with E-state index in [0.29, 0.717) is 6.61 Å². The first kappa shape index (κ1) is 14.2. The summed E-state index contributed by atoms with van der Waals surface area (Å²) in [6, 6.07) is 4.73. The van der Waals surface area contributed by atoms with Crippen LogP contribution < -0.4 is 4.74 Å². The third-order valence-electron chi connectivity index (χ3n) is 3.90. The number of benzene rings is 1. The minimum Gasteiger partial charge on any atom is -0.493 e. The summed E-state index contributed by atoms with van der Waals surface area (Å²) in [5, 5.41) is 10.7. The van der Waals surface area contributed by atoms with Crippen molar-refractivity contribution in [3.63, 3.8) is 0 Å². The molecule has 0 aliphatic heterocycles. The summed E-state index contributed by atoms with van der Waals surface area (Å²) in [5.74, 6) is 1.57. The topological polar surface area (TPSA) is 52.4 Å². The number of aryl methyl sites for hydroxylation is 1. The Bertz CT molecular complexity index is 470. The van der Waals surface area contributed by atoms with E-state index in [0.717, 1.165) is 29.9 Å².